The van der Waals surface area contributed by atoms with E-state index in [9.17, 15) is 4.79 Å². The normalized spacial score (nSPS) is 12.5. The standard InChI is InChI=1S/C8H12N2O2S/c1-3-5(2)10-8-9-4-6(13-8)7(11)12/h4-5H,3H2,1-2H3,(H,9,10)(H,11,12)/t5-/m1/s1. The van der Waals surface area contributed by atoms with Crippen molar-refractivity contribution in [2.75, 3.05) is 5.32 Å². The minimum absolute atomic E-state index is 0.269. The Labute approximate surface area is 80.6 Å². The van der Waals surface area contributed by atoms with Gasteiger partial charge in [0.05, 0.1) is 6.20 Å². The van der Waals surface area contributed by atoms with E-state index >= 15 is 0 Å². The van der Waals surface area contributed by atoms with Gasteiger partial charge in [-0.15, -0.1) is 0 Å². The number of aromatic carboxylic acids is 1. The molecule has 0 bridgehead atoms. The molecule has 0 aliphatic carbocycles. The van der Waals surface area contributed by atoms with E-state index in [1.54, 1.807) is 0 Å². The number of carboxylic acids is 1. The number of hydrogen-bond donors (Lipinski definition) is 2. The van der Waals surface area contributed by atoms with Crippen LogP contribution in [0, 0.1) is 0 Å². The Balaban J connectivity index is 2.64. The summed E-state index contributed by atoms with van der Waals surface area (Å²) in [6, 6.07) is 0.327. The predicted octanol–water partition coefficient (Wildman–Crippen LogP) is 2.05. The smallest absolute Gasteiger partial charge is 0.347 e. The van der Waals surface area contributed by atoms with Crippen molar-refractivity contribution in [3.05, 3.63) is 11.1 Å². The van der Waals surface area contributed by atoms with Crippen molar-refractivity contribution in [2.45, 2.75) is 26.3 Å². The van der Waals surface area contributed by atoms with Crippen LogP contribution in [0.25, 0.3) is 0 Å². The van der Waals surface area contributed by atoms with E-state index in [2.05, 4.69) is 17.2 Å². The molecule has 5 heteroatoms. The monoisotopic (exact) mass is 200 g/mol. The minimum atomic E-state index is -0.922. The summed E-state index contributed by atoms with van der Waals surface area (Å²) in [4.78, 5) is 14.7. The van der Waals surface area contributed by atoms with Crippen LogP contribution in [0.15, 0.2) is 6.20 Å². The molecule has 4 nitrogen and oxygen atoms in total. The van der Waals surface area contributed by atoms with Crippen LogP contribution in [0.1, 0.15) is 29.9 Å². The highest BCUT2D eigenvalue weighted by atomic mass is 32.1. The SMILES string of the molecule is CC[C@@H](C)Nc1ncc(C(=O)O)s1. The van der Waals surface area contributed by atoms with Gasteiger partial charge in [0.1, 0.15) is 4.88 Å². The lowest BCUT2D eigenvalue weighted by molar-refractivity contribution is 0.0702. The molecule has 1 heterocycles. The average Bonchev–Trinajstić information content (AvgIpc) is 2.52. The number of thiazole rings is 1. The summed E-state index contributed by atoms with van der Waals surface area (Å²) in [5, 5.41) is 12.4. The van der Waals surface area contributed by atoms with Crippen LogP contribution < -0.4 is 5.32 Å². The molecule has 0 unspecified atom stereocenters. The van der Waals surface area contributed by atoms with Gasteiger partial charge < -0.3 is 10.4 Å². The number of hydrogen-bond acceptors (Lipinski definition) is 4. The third-order valence-electron chi connectivity index (χ3n) is 1.70. The molecular weight excluding hydrogens is 188 g/mol. The Morgan fingerprint density at radius 3 is 3.00 bits per heavy atom. The first-order valence-electron chi connectivity index (χ1n) is 4.09. The van der Waals surface area contributed by atoms with Crippen molar-refractivity contribution >= 4 is 22.4 Å². The Hall–Kier alpha value is -1.10. The van der Waals surface area contributed by atoms with Gasteiger partial charge in [-0.2, -0.15) is 0 Å². The molecule has 0 aromatic carbocycles. The van der Waals surface area contributed by atoms with Crippen LogP contribution in [-0.2, 0) is 0 Å². The summed E-state index contributed by atoms with van der Waals surface area (Å²) in [6.45, 7) is 4.09. The van der Waals surface area contributed by atoms with E-state index < -0.39 is 5.97 Å². The van der Waals surface area contributed by atoms with E-state index in [-0.39, 0.29) is 4.88 Å². The number of carboxylic acid groups (broad SMARTS) is 1. The van der Waals surface area contributed by atoms with Crippen LogP contribution in [0.4, 0.5) is 5.13 Å². The van der Waals surface area contributed by atoms with E-state index in [1.165, 1.54) is 6.20 Å². The van der Waals surface area contributed by atoms with Crippen LogP contribution in [0.5, 0.6) is 0 Å². The molecule has 13 heavy (non-hydrogen) atoms. The molecule has 0 aliphatic heterocycles. The third-order valence-corrected chi connectivity index (χ3v) is 2.62. The second-order valence-electron chi connectivity index (χ2n) is 2.79. The molecule has 0 aliphatic rings. The molecule has 2 N–H and O–H groups in total. The van der Waals surface area contributed by atoms with Crippen molar-refractivity contribution in [3.63, 3.8) is 0 Å². The van der Waals surface area contributed by atoms with E-state index in [1.807, 2.05) is 6.92 Å². The average molecular weight is 200 g/mol. The summed E-state index contributed by atoms with van der Waals surface area (Å²) < 4.78 is 0. The lowest BCUT2D eigenvalue weighted by atomic mass is 10.3. The lowest BCUT2D eigenvalue weighted by Gasteiger charge is -2.08. The first kappa shape index (κ1) is 9.98. The molecule has 1 aromatic rings. The zero-order valence-electron chi connectivity index (χ0n) is 7.57. The van der Waals surface area contributed by atoms with Crippen LogP contribution >= 0.6 is 11.3 Å². The maximum Gasteiger partial charge on any atom is 0.347 e. The lowest BCUT2D eigenvalue weighted by Crippen LogP contribution is -2.12. The maximum atomic E-state index is 10.5. The first-order valence-corrected chi connectivity index (χ1v) is 4.90. The fraction of sp³-hybridized carbons (Fsp3) is 0.500. The molecule has 0 radical (unpaired) electrons. The Morgan fingerprint density at radius 2 is 2.54 bits per heavy atom. The largest absolute Gasteiger partial charge is 0.477 e. The Kier molecular flexibility index (Phi) is 3.25. The van der Waals surface area contributed by atoms with Crippen molar-refractivity contribution in [1.82, 2.24) is 4.98 Å². The summed E-state index contributed by atoms with van der Waals surface area (Å²) in [5.41, 5.74) is 0. The van der Waals surface area contributed by atoms with Crippen molar-refractivity contribution in [1.29, 1.82) is 0 Å². The second kappa shape index (κ2) is 4.23. The summed E-state index contributed by atoms with van der Waals surface area (Å²) in [5.74, 6) is -0.922. The molecule has 1 rings (SSSR count). The summed E-state index contributed by atoms with van der Waals surface area (Å²) in [6.07, 6.45) is 2.36. The molecule has 0 amide bonds. The van der Waals surface area contributed by atoms with Gasteiger partial charge in [-0.3, -0.25) is 0 Å². The predicted molar refractivity (Wildman–Crippen MR) is 52.4 cm³/mol. The highest BCUT2D eigenvalue weighted by Gasteiger charge is 2.09. The topological polar surface area (TPSA) is 62.2 Å². The molecule has 72 valence electrons. The van der Waals surface area contributed by atoms with Crippen molar-refractivity contribution < 1.29 is 9.90 Å². The van der Waals surface area contributed by atoms with Gasteiger partial charge in [-0.1, -0.05) is 18.3 Å². The molecule has 0 saturated heterocycles. The molecular formula is C8H12N2O2S. The van der Waals surface area contributed by atoms with Gasteiger partial charge in [-0.05, 0) is 13.3 Å². The molecule has 0 saturated carbocycles. The summed E-state index contributed by atoms with van der Waals surface area (Å²) >= 11 is 1.16. The van der Waals surface area contributed by atoms with Gasteiger partial charge in [-0.25, -0.2) is 9.78 Å². The van der Waals surface area contributed by atoms with Crippen LogP contribution in [0.2, 0.25) is 0 Å². The Morgan fingerprint density at radius 1 is 1.85 bits per heavy atom. The highest BCUT2D eigenvalue weighted by molar-refractivity contribution is 7.17. The zero-order valence-corrected chi connectivity index (χ0v) is 8.39. The molecule has 1 aromatic heterocycles. The molecule has 1 atom stereocenters. The number of anilines is 1. The van der Waals surface area contributed by atoms with Crippen molar-refractivity contribution in [3.8, 4) is 0 Å². The molecule has 0 spiro atoms. The third kappa shape index (κ3) is 2.69. The number of nitrogens with one attached hydrogen (secondary N) is 1. The fourth-order valence-electron chi connectivity index (χ4n) is 0.753. The minimum Gasteiger partial charge on any atom is -0.477 e. The van der Waals surface area contributed by atoms with Crippen molar-refractivity contribution in [2.24, 2.45) is 0 Å². The zero-order chi connectivity index (χ0) is 9.84. The van der Waals surface area contributed by atoms with Gasteiger partial charge in [0, 0.05) is 6.04 Å². The van der Waals surface area contributed by atoms with Gasteiger partial charge in [0.2, 0.25) is 0 Å². The molecule has 0 fully saturated rings. The first-order chi connectivity index (χ1) is 6.13. The number of nitrogens with zero attached hydrogens (tertiary/aromatic N) is 1. The van der Waals surface area contributed by atoms with E-state index in [4.69, 9.17) is 5.11 Å². The van der Waals surface area contributed by atoms with E-state index in [0.29, 0.717) is 11.2 Å². The fourth-order valence-corrected chi connectivity index (χ4v) is 1.52. The van der Waals surface area contributed by atoms with E-state index in [0.717, 1.165) is 17.8 Å². The number of carbonyl (C=O) groups is 1. The van der Waals surface area contributed by atoms with Crippen LogP contribution in [0.3, 0.4) is 0 Å². The van der Waals surface area contributed by atoms with Gasteiger partial charge in [0.15, 0.2) is 5.13 Å². The Bertz CT molecular complexity index is 298. The van der Waals surface area contributed by atoms with Crippen LogP contribution in [-0.4, -0.2) is 22.1 Å². The second-order valence-corrected chi connectivity index (χ2v) is 3.82. The number of rotatable bonds is 4. The van der Waals surface area contributed by atoms with Gasteiger partial charge in [0.25, 0.3) is 0 Å². The quantitative estimate of drug-likeness (QED) is 0.780. The number of aromatic nitrogens is 1. The highest BCUT2D eigenvalue weighted by Crippen LogP contribution is 2.18. The van der Waals surface area contributed by atoms with Gasteiger partial charge >= 0.3 is 5.97 Å². The maximum absolute atomic E-state index is 10.5. The summed E-state index contributed by atoms with van der Waals surface area (Å²) in [7, 11) is 0.